The van der Waals surface area contributed by atoms with Crippen LogP contribution in [0.15, 0.2) is 48.5 Å². The third-order valence-electron chi connectivity index (χ3n) is 7.86. The molecular formula is C30H39F2N7O3. The highest BCUT2D eigenvalue weighted by molar-refractivity contribution is 5.90. The number of urea groups is 1. The third-order valence-corrected chi connectivity index (χ3v) is 7.86. The van der Waals surface area contributed by atoms with Gasteiger partial charge >= 0.3 is 6.03 Å². The molecule has 0 saturated carbocycles. The minimum atomic E-state index is -0.905. The average molecular weight is 584 g/mol. The van der Waals surface area contributed by atoms with Crippen molar-refractivity contribution in [2.75, 3.05) is 78.0 Å². The zero-order chi connectivity index (χ0) is 29.5. The van der Waals surface area contributed by atoms with Crippen LogP contribution in [0.1, 0.15) is 17.0 Å². The van der Waals surface area contributed by atoms with Gasteiger partial charge in [-0.3, -0.25) is 15.1 Å². The number of nitrogens with zero attached hydrogens (tertiary/aromatic N) is 4. The van der Waals surface area contributed by atoms with Gasteiger partial charge < -0.3 is 20.1 Å². The quantitative estimate of drug-likeness (QED) is 0.320. The lowest BCUT2D eigenvalue weighted by molar-refractivity contribution is 0.159. The van der Waals surface area contributed by atoms with Gasteiger partial charge in [-0.05, 0) is 36.8 Å². The summed E-state index contributed by atoms with van der Waals surface area (Å²) in [7, 11) is 1.63. The number of amides is 2. The normalized spacial score (nSPS) is 19.6. The molecule has 0 radical (unpaired) electrons. The van der Waals surface area contributed by atoms with Crippen LogP contribution in [0.2, 0.25) is 0 Å². The van der Waals surface area contributed by atoms with E-state index in [0.717, 1.165) is 44.5 Å². The predicted octanol–water partition coefficient (Wildman–Crippen LogP) is 2.98. The zero-order valence-corrected chi connectivity index (χ0v) is 24.1. The van der Waals surface area contributed by atoms with E-state index in [4.69, 9.17) is 14.6 Å². The lowest BCUT2D eigenvalue weighted by atomic mass is 9.94. The first-order valence-corrected chi connectivity index (χ1v) is 14.4. The first kappa shape index (κ1) is 29.9. The van der Waals surface area contributed by atoms with Crippen molar-refractivity contribution in [2.45, 2.75) is 18.9 Å². The molecule has 0 aliphatic carbocycles. The highest BCUT2D eigenvalue weighted by Crippen LogP contribution is 2.31. The molecule has 2 aromatic carbocycles. The summed E-state index contributed by atoms with van der Waals surface area (Å²) in [6.45, 7) is 9.31. The number of rotatable bonds is 11. The summed E-state index contributed by atoms with van der Waals surface area (Å²) in [5, 5.41) is 14.1. The molecule has 2 aliphatic rings. The van der Waals surface area contributed by atoms with E-state index in [-0.39, 0.29) is 12.0 Å². The van der Waals surface area contributed by atoms with E-state index >= 15 is 0 Å². The molecule has 0 spiro atoms. The monoisotopic (exact) mass is 583 g/mol. The topological polar surface area (TPSA) is 95.9 Å². The van der Waals surface area contributed by atoms with Crippen LogP contribution < -0.4 is 20.7 Å². The Balaban J connectivity index is 1.32. The molecule has 2 saturated heterocycles. The molecule has 0 unspecified atom stereocenters. The molecule has 3 N–H and O–H groups in total. The van der Waals surface area contributed by atoms with Crippen LogP contribution in [0.3, 0.4) is 0 Å². The van der Waals surface area contributed by atoms with Gasteiger partial charge in [-0.25, -0.2) is 18.3 Å². The summed E-state index contributed by atoms with van der Waals surface area (Å²) < 4.78 is 40.8. The fraction of sp³-hybridized carbons (Fsp3) is 0.467. The summed E-state index contributed by atoms with van der Waals surface area (Å²) >= 11 is 0. The molecule has 12 heteroatoms. The molecule has 2 amide bonds. The molecule has 0 bridgehead atoms. The number of piperazine rings is 1. The zero-order valence-electron chi connectivity index (χ0n) is 24.1. The highest BCUT2D eigenvalue weighted by Gasteiger charge is 2.35. The number of likely N-dealkylation sites (tertiary alicyclic amines) is 1. The van der Waals surface area contributed by atoms with Crippen molar-refractivity contribution in [1.82, 2.24) is 30.2 Å². The Hall–Kier alpha value is -3.58. The Morgan fingerprint density at radius 3 is 2.52 bits per heavy atom. The van der Waals surface area contributed by atoms with Crippen LogP contribution in [0.25, 0.3) is 5.69 Å². The summed E-state index contributed by atoms with van der Waals surface area (Å²) in [5.41, 5.74) is 2.11. The Morgan fingerprint density at radius 2 is 1.79 bits per heavy atom. The van der Waals surface area contributed by atoms with Crippen molar-refractivity contribution in [3.63, 3.8) is 0 Å². The molecule has 2 atom stereocenters. The number of aromatic nitrogens is 2. The van der Waals surface area contributed by atoms with Crippen molar-refractivity contribution in [3.05, 3.63) is 71.3 Å². The van der Waals surface area contributed by atoms with Gasteiger partial charge in [-0.2, -0.15) is 0 Å². The number of anilines is 1. The standard InChI is InChI=1S/C30H39F2N7O3/c1-21-28(39(23-6-4-3-5-7-23)36-29(21)42-17-15-37-12-10-33-11-13-37)35-30(40)34-27-20-38(14-16-41-2)19-24(27)22-8-9-25(31)26(32)18-22/h3-9,18,24,27,33H,10-17,19-20H2,1-2H3,(H2,34,35,40)/t24-,27+/m0/s1. The molecular weight excluding hydrogens is 544 g/mol. The maximum absolute atomic E-state index is 14.1. The second-order valence-electron chi connectivity index (χ2n) is 10.7. The number of carbonyl (C=O) groups excluding carboxylic acids is 1. The number of nitrogens with one attached hydrogen (secondary N) is 3. The van der Waals surface area contributed by atoms with Crippen molar-refractivity contribution < 1.29 is 23.0 Å². The van der Waals surface area contributed by atoms with Gasteiger partial charge in [0, 0.05) is 65.4 Å². The molecule has 2 fully saturated rings. The molecule has 2 aliphatic heterocycles. The molecule has 3 heterocycles. The first-order chi connectivity index (χ1) is 20.4. The Bertz CT molecular complexity index is 1330. The number of ether oxygens (including phenoxy) is 2. The summed E-state index contributed by atoms with van der Waals surface area (Å²) in [6.07, 6.45) is 0. The maximum Gasteiger partial charge on any atom is 0.320 e. The second-order valence-corrected chi connectivity index (χ2v) is 10.7. The van der Waals surface area contributed by atoms with Crippen LogP contribution in [-0.2, 0) is 4.74 Å². The molecule has 1 aromatic heterocycles. The fourth-order valence-electron chi connectivity index (χ4n) is 5.55. The van der Waals surface area contributed by atoms with E-state index in [2.05, 4.69) is 25.8 Å². The summed E-state index contributed by atoms with van der Waals surface area (Å²) in [5.74, 6) is -1.08. The summed E-state index contributed by atoms with van der Waals surface area (Å²) in [6, 6.07) is 12.7. The fourth-order valence-corrected chi connectivity index (χ4v) is 5.55. The van der Waals surface area contributed by atoms with E-state index in [1.807, 2.05) is 37.3 Å². The van der Waals surface area contributed by atoms with Gasteiger partial charge in [0.2, 0.25) is 5.88 Å². The molecule has 5 rings (SSSR count). The summed E-state index contributed by atoms with van der Waals surface area (Å²) in [4.78, 5) is 17.9. The van der Waals surface area contributed by atoms with E-state index in [9.17, 15) is 13.6 Å². The average Bonchev–Trinajstić information content (AvgIpc) is 3.54. The van der Waals surface area contributed by atoms with Crippen LogP contribution >= 0.6 is 0 Å². The molecule has 10 nitrogen and oxygen atoms in total. The SMILES string of the molecule is COCCN1C[C@@H](NC(=O)Nc2c(C)c(OCCN3CCNCC3)nn2-c2ccccc2)[C@H](c2ccc(F)c(F)c2)C1. The molecule has 226 valence electrons. The van der Waals surface area contributed by atoms with Gasteiger partial charge in [0.15, 0.2) is 11.6 Å². The molecule has 3 aromatic rings. The van der Waals surface area contributed by atoms with Gasteiger partial charge in [0.1, 0.15) is 12.4 Å². The van der Waals surface area contributed by atoms with E-state index < -0.39 is 17.7 Å². The Labute approximate surface area is 245 Å². The van der Waals surface area contributed by atoms with Crippen molar-refractivity contribution in [2.24, 2.45) is 0 Å². The van der Waals surface area contributed by atoms with E-state index in [0.29, 0.717) is 55.7 Å². The van der Waals surface area contributed by atoms with Crippen LogP contribution in [0, 0.1) is 18.6 Å². The smallest absolute Gasteiger partial charge is 0.320 e. The van der Waals surface area contributed by atoms with Gasteiger partial charge in [0.05, 0.1) is 23.9 Å². The van der Waals surface area contributed by atoms with Crippen molar-refractivity contribution in [1.29, 1.82) is 0 Å². The van der Waals surface area contributed by atoms with E-state index in [1.54, 1.807) is 17.9 Å². The number of benzene rings is 2. The highest BCUT2D eigenvalue weighted by atomic mass is 19.2. The Kier molecular flexibility index (Phi) is 10.0. The minimum absolute atomic E-state index is 0.230. The maximum atomic E-state index is 14.1. The van der Waals surface area contributed by atoms with E-state index in [1.165, 1.54) is 6.07 Å². The number of halogens is 2. The van der Waals surface area contributed by atoms with Gasteiger partial charge in [-0.1, -0.05) is 24.3 Å². The second kappa shape index (κ2) is 14.1. The largest absolute Gasteiger partial charge is 0.475 e. The number of para-hydroxylation sites is 1. The van der Waals surface area contributed by atoms with Crippen LogP contribution in [0.5, 0.6) is 5.88 Å². The third kappa shape index (κ3) is 7.24. The van der Waals surface area contributed by atoms with Crippen LogP contribution in [0.4, 0.5) is 19.4 Å². The van der Waals surface area contributed by atoms with Crippen LogP contribution in [-0.4, -0.2) is 104 Å². The lowest BCUT2D eigenvalue weighted by Crippen LogP contribution is -2.44. The van der Waals surface area contributed by atoms with Crippen molar-refractivity contribution in [3.8, 4) is 11.6 Å². The number of carbonyl (C=O) groups is 1. The minimum Gasteiger partial charge on any atom is -0.475 e. The van der Waals surface area contributed by atoms with Gasteiger partial charge in [-0.15, -0.1) is 5.10 Å². The number of hydrogen-bond acceptors (Lipinski definition) is 7. The number of methoxy groups -OCH3 is 1. The molecule has 42 heavy (non-hydrogen) atoms. The first-order valence-electron chi connectivity index (χ1n) is 14.4. The lowest BCUT2D eigenvalue weighted by Gasteiger charge is -2.26. The van der Waals surface area contributed by atoms with Gasteiger partial charge in [0.25, 0.3) is 0 Å². The van der Waals surface area contributed by atoms with Crippen molar-refractivity contribution >= 4 is 11.8 Å². The Morgan fingerprint density at radius 1 is 1.02 bits per heavy atom. The number of hydrogen-bond donors (Lipinski definition) is 3. The predicted molar refractivity (Wildman–Crippen MR) is 156 cm³/mol.